The average molecular weight is 395 g/mol. The quantitative estimate of drug-likeness (QED) is 0.556. The third-order valence-electron chi connectivity index (χ3n) is 3.87. The summed E-state index contributed by atoms with van der Waals surface area (Å²) < 4.78 is 53.8. The van der Waals surface area contributed by atoms with Crippen molar-refractivity contribution in [2.45, 2.75) is 26.6 Å². The lowest BCUT2D eigenvalue weighted by Crippen LogP contribution is -2.36. The zero-order valence-electron chi connectivity index (χ0n) is 15.2. The van der Waals surface area contributed by atoms with E-state index in [1.54, 1.807) is 18.2 Å². The molecule has 0 fully saturated rings. The maximum Gasteiger partial charge on any atom is 0.387 e. The summed E-state index contributed by atoms with van der Waals surface area (Å²) in [5.74, 6) is 0.922. The summed E-state index contributed by atoms with van der Waals surface area (Å²) >= 11 is 0. The Morgan fingerprint density at radius 1 is 1.18 bits per heavy atom. The Hall–Kier alpha value is -3.10. The van der Waals surface area contributed by atoms with E-state index in [9.17, 15) is 13.2 Å². The molecule has 0 amide bonds. The van der Waals surface area contributed by atoms with Crippen LogP contribution in [0.1, 0.15) is 18.1 Å². The normalized spacial score (nSPS) is 13.0. The van der Waals surface area contributed by atoms with E-state index in [2.05, 4.69) is 20.4 Å². The minimum atomic E-state index is -2.96. The lowest BCUT2D eigenvalue weighted by atomic mass is 10.1. The molecule has 0 spiro atoms. The van der Waals surface area contributed by atoms with Crippen LogP contribution in [-0.4, -0.2) is 25.9 Å². The molecule has 0 unspecified atom stereocenters. The second kappa shape index (κ2) is 9.20. The number of fused-ring (bicyclic) bond motifs is 1. The second-order valence-electron chi connectivity index (χ2n) is 5.87. The van der Waals surface area contributed by atoms with Gasteiger partial charge in [-0.3, -0.25) is 0 Å². The van der Waals surface area contributed by atoms with E-state index < -0.39 is 6.61 Å². The largest absolute Gasteiger partial charge is 0.454 e. The molecule has 0 bridgehead atoms. The number of alkyl halides is 2. The number of hydrogen-bond donors (Lipinski definition) is 2. The molecule has 1 heterocycles. The van der Waals surface area contributed by atoms with Crippen molar-refractivity contribution in [1.29, 1.82) is 0 Å². The number of halogens is 3. The van der Waals surface area contributed by atoms with Crippen molar-refractivity contribution < 1.29 is 27.4 Å². The first kappa shape index (κ1) is 19.7. The van der Waals surface area contributed by atoms with Gasteiger partial charge in [-0.05, 0) is 30.7 Å². The highest BCUT2D eigenvalue weighted by Crippen LogP contribution is 2.38. The van der Waals surface area contributed by atoms with Gasteiger partial charge < -0.3 is 24.8 Å². The number of guanidine groups is 1. The Balaban J connectivity index is 1.73. The maximum absolute atomic E-state index is 13.3. The maximum atomic E-state index is 13.3. The summed E-state index contributed by atoms with van der Waals surface area (Å²) in [6.45, 7) is -0.0312. The molecule has 0 saturated carbocycles. The summed E-state index contributed by atoms with van der Waals surface area (Å²) in [6, 6.07) is 9.11. The summed E-state index contributed by atoms with van der Waals surface area (Å²) in [5.41, 5.74) is 1.17. The van der Waals surface area contributed by atoms with Crippen LogP contribution in [0.3, 0.4) is 0 Å². The van der Waals surface area contributed by atoms with Crippen LogP contribution in [0.4, 0.5) is 13.2 Å². The molecule has 150 valence electrons. The summed E-state index contributed by atoms with van der Waals surface area (Å²) in [7, 11) is 0. The molecule has 0 radical (unpaired) electrons. The molecule has 2 aromatic rings. The smallest absolute Gasteiger partial charge is 0.387 e. The van der Waals surface area contributed by atoms with Crippen LogP contribution < -0.4 is 24.8 Å². The zero-order valence-corrected chi connectivity index (χ0v) is 15.2. The predicted molar refractivity (Wildman–Crippen MR) is 97.3 cm³/mol. The number of nitrogens with zero attached hydrogens (tertiary/aromatic N) is 1. The van der Waals surface area contributed by atoms with E-state index in [0.717, 1.165) is 0 Å². The second-order valence-corrected chi connectivity index (χ2v) is 5.87. The molecule has 0 saturated heterocycles. The first-order valence-electron chi connectivity index (χ1n) is 8.69. The Labute approximate surface area is 160 Å². The summed E-state index contributed by atoms with van der Waals surface area (Å²) in [6.07, 6.45) is 0. The molecule has 1 aliphatic rings. The van der Waals surface area contributed by atoms with Crippen LogP contribution in [-0.2, 0) is 13.1 Å². The lowest BCUT2D eigenvalue weighted by Gasteiger charge is -2.15. The highest BCUT2D eigenvalue weighted by Gasteiger charge is 2.20. The number of rotatable bonds is 7. The van der Waals surface area contributed by atoms with Crippen molar-refractivity contribution in [3.8, 4) is 17.2 Å². The van der Waals surface area contributed by atoms with Gasteiger partial charge in [0, 0.05) is 24.7 Å². The van der Waals surface area contributed by atoms with Gasteiger partial charge >= 0.3 is 6.61 Å². The standard InChI is InChI=1S/C19H20F3N3O3/c1-2-23-19(24-9-12-4-3-5-14(20)6-12)25-10-13-7-16-17(27-11-26-16)8-15(13)28-18(21)22/h3-8,18H,2,9-11H2,1H3,(H2,23,24,25). The molecular weight excluding hydrogens is 375 g/mol. The van der Waals surface area contributed by atoms with Crippen LogP contribution in [0.2, 0.25) is 0 Å². The van der Waals surface area contributed by atoms with Gasteiger partial charge in [-0.2, -0.15) is 8.78 Å². The van der Waals surface area contributed by atoms with Crippen molar-refractivity contribution in [3.63, 3.8) is 0 Å². The lowest BCUT2D eigenvalue weighted by molar-refractivity contribution is -0.0505. The Bertz CT molecular complexity index is 846. The van der Waals surface area contributed by atoms with E-state index in [0.29, 0.717) is 35.1 Å². The number of benzene rings is 2. The predicted octanol–water partition coefficient (Wildman–Crippen LogP) is 3.41. The molecule has 2 N–H and O–H groups in total. The van der Waals surface area contributed by atoms with E-state index in [4.69, 9.17) is 9.47 Å². The fraction of sp³-hybridized carbons (Fsp3) is 0.316. The van der Waals surface area contributed by atoms with Gasteiger partial charge in [0.2, 0.25) is 6.79 Å². The molecule has 2 aromatic carbocycles. The van der Waals surface area contributed by atoms with Crippen LogP contribution in [0, 0.1) is 5.82 Å². The van der Waals surface area contributed by atoms with E-state index in [1.165, 1.54) is 18.2 Å². The summed E-state index contributed by atoms with van der Waals surface area (Å²) in [5, 5.41) is 6.10. The van der Waals surface area contributed by atoms with Crippen molar-refractivity contribution in [2.24, 2.45) is 4.99 Å². The Kier molecular flexibility index (Phi) is 6.46. The van der Waals surface area contributed by atoms with Gasteiger partial charge in [-0.1, -0.05) is 12.1 Å². The SMILES string of the molecule is CCNC(=NCc1cccc(F)c1)NCc1cc2c(cc1OC(F)F)OCO2. The van der Waals surface area contributed by atoms with Crippen molar-refractivity contribution in [2.75, 3.05) is 13.3 Å². The van der Waals surface area contributed by atoms with Gasteiger partial charge in [0.25, 0.3) is 0 Å². The van der Waals surface area contributed by atoms with Gasteiger partial charge in [-0.25, -0.2) is 9.38 Å². The molecule has 3 rings (SSSR count). The number of nitrogens with one attached hydrogen (secondary N) is 2. The van der Waals surface area contributed by atoms with E-state index >= 15 is 0 Å². The van der Waals surface area contributed by atoms with Gasteiger partial charge in [-0.15, -0.1) is 0 Å². The Morgan fingerprint density at radius 2 is 1.96 bits per heavy atom. The third-order valence-corrected chi connectivity index (χ3v) is 3.87. The highest BCUT2D eigenvalue weighted by atomic mass is 19.3. The molecule has 0 aromatic heterocycles. The number of aliphatic imine (C=N–C) groups is 1. The summed E-state index contributed by atoms with van der Waals surface area (Å²) in [4.78, 5) is 4.39. The van der Waals surface area contributed by atoms with Gasteiger partial charge in [0.15, 0.2) is 17.5 Å². The number of hydrogen-bond acceptors (Lipinski definition) is 4. The molecule has 0 atom stereocenters. The van der Waals surface area contributed by atoms with Gasteiger partial charge in [0.05, 0.1) is 6.54 Å². The monoisotopic (exact) mass is 395 g/mol. The molecule has 0 aliphatic carbocycles. The van der Waals surface area contributed by atoms with E-state index in [-0.39, 0.29) is 31.4 Å². The molecule has 9 heteroatoms. The van der Waals surface area contributed by atoms with Crippen LogP contribution >= 0.6 is 0 Å². The fourth-order valence-electron chi connectivity index (χ4n) is 2.64. The van der Waals surface area contributed by atoms with Crippen molar-refractivity contribution >= 4 is 5.96 Å². The Morgan fingerprint density at radius 3 is 2.68 bits per heavy atom. The molecule has 28 heavy (non-hydrogen) atoms. The van der Waals surface area contributed by atoms with Crippen molar-refractivity contribution in [3.05, 3.63) is 53.3 Å². The minimum Gasteiger partial charge on any atom is -0.454 e. The molecule has 1 aliphatic heterocycles. The van der Waals surface area contributed by atoms with Gasteiger partial charge in [0.1, 0.15) is 11.6 Å². The third kappa shape index (κ3) is 5.21. The first-order chi connectivity index (χ1) is 13.5. The molecule has 6 nitrogen and oxygen atoms in total. The van der Waals surface area contributed by atoms with Crippen LogP contribution in [0.25, 0.3) is 0 Å². The highest BCUT2D eigenvalue weighted by molar-refractivity contribution is 5.79. The zero-order chi connectivity index (χ0) is 19.9. The van der Waals surface area contributed by atoms with Crippen molar-refractivity contribution in [1.82, 2.24) is 10.6 Å². The molecular formula is C19H20F3N3O3. The topological polar surface area (TPSA) is 64.1 Å². The average Bonchev–Trinajstić information content (AvgIpc) is 3.10. The van der Waals surface area contributed by atoms with Crippen LogP contribution in [0.15, 0.2) is 41.4 Å². The minimum absolute atomic E-state index is 0.00673. The number of ether oxygens (including phenoxy) is 3. The van der Waals surface area contributed by atoms with Crippen LogP contribution in [0.5, 0.6) is 17.2 Å². The van der Waals surface area contributed by atoms with E-state index in [1.807, 2.05) is 6.92 Å². The fourth-order valence-corrected chi connectivity index (χ4v) is 2.64. The first-order valence-corrected chi connectivity index (χ1v) is 8.69.